The van der Waals surface area contributed by atoms with E-state index in [4.69, 9.17) is 4.74 Å². The molecule has 0 aromatic heterocycles. The van der Waals surface area contributed by atoms with Crippen LogP contribution < -0.4 is 10.6 Å². The van der Waals surface area contributed by atoms with Gasteiger partial charge >= 0.3 is 0 Å². The van der Waals surface area contributed by atoms with E-state index in [0.29, 0.717) is 6.10 Å². The SMILES string of the molecule is CCCNC(=O)COC1CC(CNC)C1. The molecule has 4 nitrogen and oxygen atoms in total. The minimum atomic E-state index is 0.00826. The maximum atomic E-state index is 11.2. The van der Waals surface area contributed by atoms with Crippen LogP contribution in [0.2, 0.25) is 0 Å². The number of amides is 1. The molecule has 1 fully saturated rings. The molecule has 88 valence electrons. The number of nitrogens with one attached hydrogen (secondary N) is 2. The van der Waals surface area contributed by atoms with E-state index >= 15 is 0 Å². The Morgan fingerprint density at radius 3 is 2.80 bits per heavy atom. The number of ether oxygens (including phenoxy) is 1. The van der Waals surface area contributed by atoms with E-state index in [-0.39, 0.29) is 12.5 Å². The van der Waals surface area contributed by atoms with Crippen molar-refractivity contribution in [2.75, 3.05) is 26.7 Å². The lowest BCUT2D eigenvalue weighted by Crippen LogP contribution is -2.39. The van der Waals surface area contributed by atoms with Crippen molar-refractivity contribution in [3.05, 3.63) is 0 Å². The lowest BCUT2D eigenvalue weighted by molar-refractivity contribution is -0.131. The summed E-state index contributed by atoms with van der Waals surface area (Å²) < 4.78 is 5.47. The van der Waals surface area contributed by atoms with Crippen molar-refractivity contribution < 1.29 is 9.53 Å². The Morgan fingerprint density at radius 1 is 1.47 bits per heavy atom. The van der Waals surface area contributed by atoms with Crippen LogP contribution in [-0.4, -0.2) is 38.8 Å². The normalized spacial score (nSPS) is 24.7. The number of carbonyl (C=O) groups is 1. The van der Waals surface area contributed by atoms with Crippen LogP contribution in [0.4, 0.5) is 0 Å². The summed E-state index contributed by atoms with van der Waals surface area (Å²) >= 11 is 0. The summed E-state index contributed by atoms with van der Waals surface area (Å²) in [6, 6.07) is 0. The Hall–Kier alpha value is -0.610. The van der Waals surface area contributed by atoms with Gasteiger partial charge in [0.05, 0.1) is 6.10 Å². The Labute approximate surface area is 91.8 Å². The Balaban J connectivity index is 1.96. The summed E-state index contributed by atoms with van der Waals surface area (Å²) in [7, 11) is 1.96. The number of rotatable bonds is 7. The van der Waals surface area contributed by atoms with Crippen molar-refractivity contribution in [1.82, 2.24) is 10.6 Å². The van der Waals surface area contributed by atoms with Crippen LogP contribution in [0.15, 0.2) is 0 Å². The van der Waals surface area contributed by atoms with Gasteiger partial charge in [-0.2, -0.15) is 0 Å². The highest BCUT2D eigenvalue weighted by Crippen LogP contribution is 2.29. The topological polar surface area (TPSA) is 50.4 Å². The molecule has 15 heavy (non-hydrogen) atoms. The third-order valence-electron chi connectivity index (χ3n) is 2.71. The molecule has 2 N–H and O–H groups in total. The minimum Gasteiger partial charge on any atom is -0.368 e. The largest absolute Gasteiger partial charge is 0.368 e. The molecule has 0 bridgehead atoms. The maximum absolute atomic E-state index is 11.2. The molecule has 1 rings (SSSR count). The second-order valence-electron chi connectivity index (χ2n) is 4.18. The van der Waals surface area contributed by atoms with Crippen molar-refractivity contribution >= 4 is 5.91 Å². The van der Waals surface area contributed by atoms with Gasteiger partial charge in [-0.05, 0) is 38.8 Å². The first-order valence-electron chi connectivity index (χ1n) is 5.79. The summed E-state index contributed by atoms with van der Waals surface area (Å²) in [6.07, 6.45) is 3.44. The first-order chi connectivity index (χ1) is 7.26. The van der Waals surface area contributed by atoms with Crippen LogP contribution >= 0.6 is 0 Å². The van der Waals surface area contributed by atoms with E-state index in [9.17, 15) is 4.79 Å². The third kappa shape index (κ3) is 4.62. The summed E-state index contributed by atoms with van der Waals surface area (Å²) in [4.78, 5) is 11.2. The van der Waals surface area contributed by atoms with E-state index < -0.39 is 0 Å². The van der Waals surface area contributed by atoms with E-state index in [2.05, 4.69) is 10.6 Å². The van der Waals surface area contributed by atoms with Crippen molar-refractivity contribution in [3.63, 3.8) is 0 Å². The van der Waals surface area contributed by atoms with Crippen molar-refractivity contribution in [3.8, 4) is 0 Å². The Morgan fingerprint density at radius 2 is 2.20 bits per heavy atom. The fourth-order valence-electron chi connectivity index (χ4n) is 1.77. The van der Waals surface area contributed by atoms with Gasteiger partial charge in [-0.3, -0.25) is 4.79 Å². The molecule has 0 atom stereocenters. The van der Waals surface area contributed by atoms with Gasteiger partial charge in [0.25, 0.3) is 0 Å². The first-order valence-corrected chi connectivity index (χ1v) is 5.79. The maximum Gasteiger partial charge on any atom is 0.246 e. The molecule has 1 aliphatic carbocycles. The van der Waals surface area contributed by atoms with E-state index in [1.54, 1.807) is 0 Å². The van der Waals surface area contributed by atoms with Crippen LogP contribution in [0.5, 0.6) is 0 Å². The zero-order valence-corrected chi connectivity index (χ0v) is 9.71. The second-order valence-corrected chi connectivity index (χ2v) is 4.18. The molecule has 0 unspecified atom stereocenters. The number of hydrogen-bond acceptors (Lipinski definition) is 3. The lowest BCUT2D eigenvalue weighted by atomic mass is 9.82. The highest BCUT2D eigenvalue weighted by atomic mass is 16.5. The van der Waals surface area contributed by atoms with Crippen LogP contribution in [0.3, 0.4) is 0 Å². The second kappa shape index (κ2) is 6.80. The van der Waals surface area contributed by atoms with Gasteiger partial charge in [0.15, 0.2) is 0 Å². The first kappa shape index (κ1) is 12.5. The van der Waals surface area contributed by atoms with Crippen LogP contribution in [0.1, 0.15) is 26.2 Å². The fourth-order valence-corrected chi connectivity index (χ4v) is 1.77. The van der Waals surface area contributed by atoms with Gasteiger partial charge in [-0.25, -0.2) is 0 Å². The lowest BCUT2D eigenvalue weighted by Gasteiger charge is -2.34. The molecule has 1 amide bonds. The van der Waals surface area contributed by atoms with Gasteiger partial charge in [-0.15, -0.1) is 0 Å². The minimum absolute atomic E-state index is 0.00826. The van der Waals surface area contributed by atoms with Gasteiger partial charge in [0.1, 0.15) is 6.61 Å². The summed E-state index contributed by atoms with van der Waals surface area (Å²) in [5.74, 6) is 0.743. The molecular weight excluding hydrogens is 192 g/mol. The van der Waals surface area contributed by atoms with Crippen molar-refractivity contribution in [1.29, 1.82) is 0 Å². The average molecular weight is 214 g/mol. The number of carbonyl (C=O) groups excluding carboxylic acids is 1. The van der Waals surface area contributed by atoms with Gasteiger partial charge in [-0.1, -0.05) is 6.92 Å². The molecule has 0 spiro atoms. The Kier molecular flexibility index (Phi) is 5.65. The predicted octanol–water partition coefficient (Wildman–Crippen LogP) is 0.527. The number of hydrogen-bond donors (Lipinski definition) is 2. The summed E-state index contributed by atoms with van der Waals surface area (Å²) in [5.41, 5.74) is 0. The zero-order chi connectivity index (χ0) is 11.1. The monoisotopic (exact) mass is 214 g/mol. The smallest absolute Gasteiger partial charge is 0.246 e. The van der Waals surface area contributed by atoms with Crippen molar-refractivity contribution in [2.24, 2.45) is 5.92 Å². The molecule has 4 heteroatoms. The van der Waals surface area contributed by atoms with Gasteiger partial charge in [0, 0.05) is 6.54 Å². The zero-order valence-electron chi connectivity index (χ0n) is 9.71. The standard InChI is InChI=1S/C11H22N2O2/c1-3-4-13-11(14)8-15-10-5-9(6-10)7-12-2/h9-10,12H,3-8H2,1-2H3,(H,13,14). The van der Waals surface area contributed by atoms with Crippen LogP contribution in [-0.2, 0) is 9.53 Å². The molecular formula is C11H22N2O2. The van der Waals surface area contributed by atoms with E-state index in [0.717, 1.165) is 38.3 Å². The summed E-state index contributed by atoms with van der Waals surface area (Å²) in [5, 5.41) is 5.94. The van der Waals surface area contributed by atoms with E-state index in [1.165, 1.54) is 0 Å². The van der Waals surface area contributed by atoms with Gasteiger partial charge < -0.3 is 15.4 Å². The van der Waals surface area contributed by atoms with E-state index in [1.807, 2.05) is 14.0 Å². The average Bonchev–Trinajstić information content (AvgIpc) is 2.18. The molecule has 1 aliphatic rings. The van der Waals surface area contributed by atoms with Crippen LogP contribution in [0.25, 0.3) is 0 Å². The Bertz CT molecular complexity index is 191. The molecule has 0 aromatic rings. The van der Waals surface area contributed by atoms with Gasteiger partial charge in [0.2, 0.25) is 5.91 Å². The highest BCUT2D eigenvalue weighted by Gasteiger charge is 2.29. The van der Waals surface area contributed by atoms with Crippen LogP contribution in [0, 0.1) is 5.92 Å². The predicted molar refractivity (Wildman–Crippen MR) is 59.7 cm³/mol. The molecule has 0 radical (unpaired) electrons. The quantitative estimate of drug-likeness (QED) is 0.650. The third-order valence-corrected chi connectivity index (χ3v) is 2.71. The fraction of sp³-hybridized carbons (Fsp3) is 0.909. The highest BCUT2D eigenvalue weighted by molar-refractivity contribution is 5.77. The van der Waals surface area contributed by atoms with Crippen molar-refractivity contribution in [2.45, 2.75) is 32.3 Å². The summed E-state index contributed by atoms with van der Waals surface area (Å²) in [6.45, 7) is 4.06. The molecule has 1 saturated carbocycles. The molecule has 0 aromatic carbocycles. The molecule has 0 aliphatic heterocycles. The molecule has 0 heterocycles. The molecule has 0 saturated heterocycles.